The third-order valence-electron chi connectivity index (χ3n) is 6.62. The van der Waals surface area contributed by atoms with Crippen LogP contribution in [-0.2, 0) is 17.8 Å². The normalized spacial score (nSPS) is 18.2. The van der Waals surface area contributed by atoms with E-state index in [4.69, 9.17) is 9.47 Å². The second-order valence-electron chi connectivity index (χ2n) is 8.39. The van der Waals surface area contributed by atoms with Crippen molar-refractivity contribution in [2.45, 2.75) is 31.3 Å². The van der Waals surface area contributed by atoms with Crippen LogP contribution in [0.25, 0.3) is 11.1 Å². The number of carbonyl (C=O) groups excluding carboxylic acids is 1. The van der Waals surface area contributed by atoms with E-state index in [0.717, 1.165) is 53.1 Å². The van der Waals surface area contributed by atoms with Crippen molar-refractivity contribution in [2.75, 3.05) is 27.8 Å². The van der Waals surface area contributed by atoms with Gasteiger partial charge in [0.05, 0.1) is 19.8 Å². The zero-order valence-corrected chi connectivity index (χ0v) is 19.5. The summed E-state index contributed by atoms with van der Waals surface area (Å²) in [7, 11) is 5.05. The van der Waals surface area contributed by atoms with Gasteiger partial charge in [0.15, 0.2) is 0 Å². The van der Waals surface area contributed by atoms with Crippen molar-refractivity contribution in [2.24, 2.45) is 0 Å². The molecule has 6 nitrogen and oxygen atoms in total. The number of hydrogen-bond acceptors (Lipinski definition) is 5. The van der Waals surface area contributed by atoms with E-state index in [1.165, 1.54) is 0 Å². The Morgan fingerprint density at radius 2 is 1.64 bits per heavy atom. The van der Waals surface area contributed by atoms with E-state index in [1.807, 2.05) is 30.3 Å². The van der Waals surface area contributed by atoms with Gasteiger partial charge in [-0.2, -0.15) is 0 Å². The van der Waals surface area contributed by atoms with E-state index in [1.54, 1.807) is 33.7 Å². The molecule has 6 heteroatoms. The number of likely N-dealkylation sites (N-methyl/N-ethyl adjacent to an activating group) is 1. The van der Waals surface area contributed by atoms with Gasteiger partial charge in [0.1, 0.15) is 17.0 Å². The molecule has 3 aromatic rings. The van der Waals surface area contributed by atoms with Gasteiger partial charge in [-0.25, -0.2) is 0 Å². The van der Waals surface area contributed by atoms with Gasteiger partial charge >= 0.3 is 0 Å². The van der Waals surface area contributed by atoms with E-state index in [0.29, 0.717) is 13.0 Å². The molecule has 172 valence electrons. The Hall–Kier alpha value is -3.38. The van der Waals surface area contributed by atoms with Gasteiger partial charge in [0.25, 0.3) is 0 Å². The minimum Gasteiger partial charge on any atom is -0.496 e. The zero-order chi connectivity index (χ0) is 23.3. The standard InChI is InChI=1S/C27H31N3O3/c1-28-26(31)27(18-20-8-10-21(11-9-20)22-12-15-29-16-13-22)14-5-17-30(27)19-23-24(32-2)6-4-7-25(23)33-3/h4,6-13,15-16H,5,14,17-19H2,1-3H3,(H,28,31). The SMILES string of the molecule is CNC(=O)C1(Cc2ccc(-c3ccncc3)cc2)CCCN1Cc1c(OC)cccc1OC. The molecular weight excluding hydrogens is 414 g/mol. The van der Waals surface area contributed by atoms with Crippen molar-refractivity contribution >= 4 is 5.91 Å². The minimum absolute atomic E-state index is 0.0482. The van der Waals surface area contributed by atoms with Gasteiger partial charge < -0.3 is 14.8 Å². The van der Waals surface area contributed by atoms with Crippen molar-refractivity contribution in [3.8, 4) is 22.6 Å². The maximum Gasteiger partial charge on any atom is 0.240 e. The molecule has 0 radical (unpaired) electrons. The predicted octanol–water partition coefficient (Wildman–Crippen LogP) is 4.09. The minimum atomic E-state index is -0.626. The summed E-state index contributed by atoms with van der Waals surface area (Å²) in [5.41, 5.74) is 3.74. The first kappa shape index (κ1) is 22.8. The van der Waals surface area contributed by atoms with Gasteiger partial charge in [-0.15, -0.1) is 0 Å². The van der Waals surface area contributed by atoms with Gasteiger partial charge in [-0.05, 0) is 66.8 Å². The van der Waals surface area contributed by atoms with Crippen LogP contribution in [0.5, 0.6) is 11.5 Å². The molecule has 4 rings (SSSR count). The quantitative estimate of drug-likeness (QED) is 0.566. The van der Waals surface area contributed by atoms with Crippen LogP contribution in [0.1, 0.15) is 24.0 Å². The highest BCUT2D eigenvalue weighted by molar-refractivity contribution is 5.87. The van der Waals surface area contributed by atoms with Gasteiger partial charge in [0, 0.05) is 26.0 Å². The van der Waals surface area contributed by atoms with Crippen LogP contribution in [0.15, 0.2) is 67.0 Å². The van der Waals surface area contributed by atoms with Gasteiger partial charge in [-0.3, -0.25) is 14.7 Å². The summed E-state index contributed by atoms with van der Waals surface area (Å²) in [6.45, 7) is 1.42. The van der Waals surface area contributed by atoms with E-state index in [9.17, 15) is 4.79 Å². The smallest absolute Gasteiger partial charge is 0.240 e. The number of rotatable bonds is 8. The van der Waals surface area contributed by atoms with Crippen LogP contribution in [0.3, 0.4) is 0 Å². The monoisotopic (exact) mass is 445 g/mol. The van der Waals surface area contributed by atoms with Crippen molar-refractivity contribution in [1.82, 2.24) is 15.2 Å². The first-order chi connectivity index (χ1) is 16.1. The Labute approximate surface area is 195 Å². The molecule has 1 N–H and O–H groups in total. The van der Waals surface area contributed by atoms with Gasteiger partial charge in [-0.1, -0.05) is 30.3 Å². The lowest BCUT2D eigenvalue weighted by Gasteiger charge is -2.37. The maximum absolute atomic E-state index is 13.3. The molecule has 1 fully saturated rings. The average Bonchev–Trinajstić information content (AvgIpc) is 3.27. The summed E-state index contributed by atoms with van der Waals surface area (Å²) in [5, 5.41) is 2.93. The van der Waals surface area contributed by atoms with E-state index in [-0.39, 0.29) is 5.91 Å². The van der Waals surface area contributed by atoms with Crippen LogP contribution in [0, 0.1) is 0 Å². The molecule has 1 aliphatic heterocycles. The largest absolute Gasteiger partial charge is 0.496 e. The van der Waals surface area contributed by atoms with Crippen molar-refractivity contribution in [1.29, 1.82) is 0 Å². The third-order valence-corrected chi connectivity index (χ3v) is 6.62. The fraction of sp³-hybridized carbons (Fsp3) is 0.333. The van der Waals surface area contributed by atoms with E-state index >= 15 is 0 Å². The number of carbonyl (C=O) groups is 1. The molecule has 2 aromatic carbocycles. The molecule has 0 bridgehead atoms. The fourth-order valence-electron chi connectivity index (χ4n) is 4.91. The molecule has 1 aromatic heterocycles. The van der Waals surface area contributed by atoms with Crippen LogP contribution < -0.4 is 14.8 Å². The topological polar surface area (TPSA) is 63.7 Å². The molecular formula is C27H31N3O3. The number of nitrogens with zero attached hydrogens (tertiary/aromatic N) is 2. The number of ether oxygens (including phenoxy) is 2. The highest BCUT2D eigenvalue weighted by atomic mass is 16.5. The number of aromatic nitrogens is 1. The van der Waals surface area contributed by atoms with E-state index < -0.39 is 5.54 Å². The van der Waals surface area contributed by atoms with E-state index in [2.05, 4.69) is 39.5 Å². The fourth-order valence-corrected chi connectivity index (χ4v) is 4.91. The highest BCUT2D eigenvalue weighted by Gasteiger charge is 2.47. The lowest BCUT2D eigenvalue weighted by Crippen LogP contribution is -2.56. The predicted molar refractivity (Wildman–Crippen MR) is 129 cm³/mol. The summed E-state index contributed by atoms with van der Waals surface area (Å²) in [5.74, 6) is 1.59. The van der Waals surface area contributed by atoms with Crippen molar-refractivity contribution < 1.29 is 14.3 Å². The van der Waals surface area contributed by atoms with Crippen LogP contribution in [-0.4, -0.2) is 49.1 Å². The summed E-state index contributed by atoms with van der Waals surface area (Å²) in [6, 6.07) is 18.3. The third kappa shape index (κ3) is 4.57. The molecule has 1 amide bonds. The molecule has 1 aliphatic rings. The second kappa shape index (κ2) is 10.0. The Balaban J connectivity index is 1.64. The van der Waals surface area contributed by atoms with Crippen molar-refractivity contribution in [3.05, 3.63) is 78.1 Å². The second-order valence-corrected chi connectivity index (χ2v) is 8.39. The maximum atomic E-state index is 13.3. The van der Waals surface area contributed by atoms with Crippen LogP contribution in [0.4, 0.5) is 0 Å². The molecule has 0 saturated carbocycles. The molecule has 33 heavy (non-hydrogen) atoms. The summed E-state index contributed by atoms with van der Waals surface area (Å²) in [6.07, 6.45) is 6.00. The molecule has 2 heterocycles. The first-order valence-corrected chi connectivity index (χ1v) is 11.3. The number of hydrogen-bond donors (Lipinski definition) is 1. The number of likely N-dealkylation sites (tertiary alicyclic amines) is 1. The first-order valence-electron chi connectivity index (χ1n) is 11.3. The Kier molecular flexibility index (Phi) is 6.94. The molecule has 1 unspecified atom stereocenters. The number of pyridine rings is 1. The molecule has 1 saturated heterocycles. The molecule has 0 aliphatic carbocycles. The molecule has 1 atom stereocenters. The average molecular weight is 446 g/mol. The highest BCUT2D eigenvalue weighted by Crippen LogP contribution is 2.38. The number of amides is 1. The Morgan fingerprint density at radius 3 is 2.24 bits per heavy atom. The lowest BCUT2D eigenvalue weighted by molar-refractivity contribution is -0.131. The number of nitrogens with one attached hydrogen (secondary N) is 1. The van der Waals surface area contributed by atoms with Crippen molar-refractivity contribution in [3.63, 3.8) is 0 Å². The van der Waals surface area contributed by atoms with Crippen LogP contribution in [0.2, 0.25) is 0 Å². The lowest BCUT2D eigenvalue weighted by atomic mass is 9.86. The van der Waals surface area contributed by atoms with Crippen LogP contribution >= 0.6 is 0 Å². The Bertz CT molecular complexity index is 1060. The zero-order valence-electron chi connectivity index (χ0n) is 19.5. The summed E-state index contributed by atoms with van der Waals surface area (Å²) >= 11 is 0. The number of methoxy groups -OCH3 is 2. The Morgan fingerprint density at radius 1 is 1.00 bits per heavy atom. The van der Waals surface area contributed by atoms with Gasteiger partial charge in [0.2, 0.25) is 5.91 Å². The molecule has 0 spiro atoms. The number of benzene rings is 2. The summed E-state index contributed by atoms with van der Waals surface area (Å²) < 4.78 is 11.2. The summed E-state index contributed by atoms with van der Waals surface area (Å²) in [4.78, 5) is 19.7.